The van der Waals surface area contributed by atoms with E-state index in [1.807, 2.05) is 13.8 Å². The van der Waals surface area contributed by atoms with E-state index in [1.165, 1.54) is 6.07 Å². The van der Waals surface area contributed by atoms with Crippen LogP contribution < -0.4 is 16.4 Å². The van der Waals surface area contributed by atoms with Crippen LogP contribution in [0.25, 0.3) is 11.0 Å². The minimum atomic E-state index is -0.746. The molecule has 3 aromatic rings. The Morgan fingerprint density at radius 1 is 1.16 bits per heavy atom. The van der Waals surface area contributed by atoms with E-state index in [0.29, 0.717) is 23.1 Å². The summed E-state index contributed by atoms with van der Waals surface area (Å²) in [6.07, 6.45) is 1.53. The normalized spacial score (nSPS) is 11.0. The predicted molar refractivity (Wildman–Crippen MR) is 91.8 cm³/mol. The average Bonchev–Trinajstić information content (AvgIpc) is 2.90. The molecule has 0 aliphatic carbocycles. The van der Waals surface area contributed by atoms with Gasteiger partial charge in [-0.05, 0) is 44.9 Å². The molecule has 8 heteroatoms. The standard InChI is InChI=1S/C17H18N4O4/c1-9-12(10(2)25-21-9)4-3-7-18-15(22)11-5-6-13-14(8-11)20-17(24)16(23)19-13/h5-6,8H,3-4,7H2,1-2H3,(H,18,22)(H,19,23)(H,20,24). The third-order valence-corrected chi connectivity index (χ3v) is 4.05. The highest BCUT2D eigenvalue weighted by Gasteiger charge is 2.10. The second kappa shape index (κ2) is 6.76. The molecule has 3 N–H and O–H groups in total. The van der Waals surface area contributed by atoms with Crippen LogP contribution in [0.1, 0.15) is 33.8 Å². The number of rotatable bonds is 5. The summed E-state index contributed by atoms with van der Waals surface area (Å²) >= 11 is 0. The fourth-order valence-electron chi connectivity index (χ4n) is 2.68. The molecular weight excluding hydrogens is 324 g/mol. The summed E-state index contributed by atoms with van der Waals surface area (Å²) in [4.78, 5) is 39.8. The molecule has 0 spiro atoms. The monoisotopic (exact) mass is 342 g/mol. The number of aryl methyl sites for hydroxylation is 2. The van der Waals surface area contributed by atoms with E-state index >= 15 is 0 Å². The van der Waals surface area contributed by atoms with E-state index in [4.69, 9.17) is 4.52 Å². The minimum absolute atomic E-state index is 0.243. The van der Waals surface area contributed by atoms with E-state index in [9.17, 15) is 14.4 Å². The van der Waals surface area contributed by atoms with E-state index in [2.05, 4.69) is 20.4 Å². The Morgan fingerprint density at radius 3 is 2.56 bits per heavy atom. The van der Waals surface area contributed by atoms with Crippen LogP contribution in [0, 0.1) is 13.8 Å². The molecule has 0 bridgehead atoms. The first-order chi connectivity index (χ1) is 12.0. The van der Waals surface area contributed by atoms with E-state index in [0.717, 1.165) is 29.9 Å². The van der Waals surface area contributed by atoms with Gasteiger partial charge in [0.15, 0.2) is 0 Å². The van der Waals surface area contributed by atoms with Gasteiger partial charge in [0.2, 0.25) is 0 Å². The minimum Gasteiger partial charge on any atom is -0.361 e. The van der Waals surface area contributed by atoms with Gasteiger partial charge in [0, 0.05) is 17.7 Å². The lowest BCUT2D eigenvalue weighted by atomic mass is 10.1. The van der Waals surface area contributed by atoms with Crippen molar-refractivity contribution in [1.29, 1.82) is 0 Å². The maximum atomic E-state index is 12.2. The Kier molecular flexibility index (Phi) is 4.51. The van der Waals surface area contributed by atoms with E-state index in [-0.39, 0.29) is 5.91 Å². The fraction of sp³-hybridized carbons (Fsp3) is 0.294. The maximum absolute atomic E-state index is 12.2. The molecule has 0 unspecified atom stereocenters. The van der Waals surface area contributed by atoms with Gasteiger partial charge in [0.25, 0.3) is 5.91 Å². The zero-order chi connectivity index (χ0) is 18.0. The van der Waals surface area contributed by atoms with Gasteiger partial charge in [0.1, 0.15) is 5.76 Å². The van der Waals surface area contributed by atoms with Crippen LogP contribution in [0.3, 0.4) is 0 Å². The van der Waals surface area contributed by atoms with Crippen molar-refractivity contribution < 1.29 is 9.32 Å². The second-order valence-electron chi connectivity index (χ2n) is 5.83. The number of fused-ring (bicyclic) bond motifs is 1. The summed E-state index contributed by atoms with van der Waals surface area (Å²) in [7, 11) is 0. The number of carbonyl (C=O) groups is 1. The second-order valence-corrected chi connectivity index (χ2v) is 5.83. The number of carbonyl (C=O) groups excluding carboxylic acids is 1. The first-order valence-electron chi connectivity index (χ1n) is 7.92. The van der Waals surface area contributed by atoms with Crippen molar-refractivity contribution in [3.63, 3.8) is 0 Å². The number of hydrogen-bond donors (Lipinski definition) is 3. The molecule has 130 valence electrons. The van der Waals surface area contributed by atoms with Gasteiger partial charge in [-0.15, -0.1) is 0 Å². The number of aromatic nitrogens is 3. The highest BCUT2D eigenvalue weighted by molar-refractivity contribution is 5.97. The van der Waals surface area contributed by atoms with Crippen LogP contribution in [0.2, 0.25) is 0 Å². The van der Waals surface area contributed by atoms with Crippen molar-refractivity contribution in [2.75, 3.05) is 6.54 Å². The molecular formula is C17H18N4O4. The number of benzene rings is 1. The lowest BCUT2D eigenvalue weighted by molar-refractivity contribution is 0.0953. The van der Waals surface area contributed by atoms with Crippen molar-refractivity contribution in [1.82, 2.24) is 20.4 Å². The average molecular weight is 342 g/mol. The molecule has 8 nitrogen and oxygen atoms in total. The van der Waals surface area contributed by atoms with Gasteiger partial charge in [-0.1, -0.05) is 5.16 Å². The third-order valence-electron chi connectivity index (χ3n) is 4.05. The molecule has 0 radical (unpaired) electrons. The van der Waals surface area contributed by atoms with Crippen LogP contribution in [0.5, 0.6) is 0 Å². The topological polar surface area (TPSA) is 121 Å². The fourth-order valence-corrected chi connectivity index (χ4v) is 2.68. The van der Waals surface area contributed by atoms with Crippen molar-refractivity contribution >= 4 is 16.9 Å². The number of aromatic amines is 2. The van der Waals surface area contributed by atoms with Crippen LogP contribution in [0.15, 0.2) is 32.3 Å². The maximum Gasteiger partial charge on any atom is 0.314 e. The van der Waals surface area contributed by atoms with Crippen molar-refractivity contribution in [3.8, 4) is 0 Å². The summed E-state index contributed by atoms with van der Waals surface area (Å²) in [5.41, 5.74) is 1.77. The number of nitrogens with one attached hydrogen (secondary N) is 3. The van der Waals surface area contributed by atoms with Crippen molar-refractivity contribution in [2.45, 2.75) is 26.7 Å². The molecule has 0 aliphatic rings. The number of amides is 1. The Bertz CT molecular complexity index is 1030. The summed E-state index contributed by atoms with van der Waals surface area (Å²) in [6, 6.07) is 4.72. The molecule has 2 heterocycles. The largest absolute Gasteiger partial charge is 0.361 e. The molecule has 0 saturated carbocycles. The third kappa shape index (κ3) is 3.52. The number of hydrogen-bond acceptors (Lipinski definition) is 5. The van der Waals surface area contributed by atoms with Gasteiger partial charge in [-0.25, -0.2) is 0 Å². The van der Waals surface area contributed by atoms with Crippen LogP contribution in [0.4, 0.5) is 0 Å². The van der Waals surface area contributed by atoms with Gasteiger partial charge >= 0.3 is 11.1 Å². The summed E-state index contributed by atoms with van der Waals surface area (Å²) in [6.45, 7) is 4.27. The molecule has 0 aliphatic heterocycles. The quantitative estimate of drug-likeness (QED) is 0.475. The molecule has 1 amide bonds. The zero-order valence-corrected chi connectivity index (χ0v) is 13.9. The smallest absolute Gasteiger partial charge is 0.314 e. The molecule has 0 fully saturated rings. The molecule has 1 aromatic carbocycles. The van der Waals surface area contributed by atoms with Gasteiger partial charge in [0.05, 0.1) is 16.7 Å². The summed E-state index contributed by atoms with van der Waals surface area (Å²) in [5, 5.41) is 6.74. The van der Waals surface area contributed by atoms with Crippen LogP contribution >= 0.6 is 0 Å². The number of H-pyrrole nitrogens is 2. The highest BCUT2D eigenvalue weighted by Crippen LogP contribution is 2.14. The van der Waals surface area contributed by atoms with Crippen molar-refractivity contribution in [2.24, 2.45) is 0 Å². The van der Waals surface area contributed by atoms with Crippen LogP contribution in [-0.4, -0.2) is 27.6 Å². The summed E-state index contributed by atoms with van der Waals surface area (Å²) < 4.78 is 5.11. The Morgan fingerprint density at radius 2 is 1.88 bits per heavy atom. The van der Waals surface area contributed by atoms with Gasteiger partial charge in [-0.2, -0.15) is 0 Å². The Balaban J connectivity index is 1.63. The van der Waals surface area contributed by atoms with Gasteiger partial charge < -0.3 is 19.8 Å². The first-order valence-corrected chi connectivity index (χ1v) is 7.92. The first kappa shape index (κ1) is 16.7. The Hall–Kier alpha value is -3.16. The summed E-state index contributed by atoms with van der Waals surface area (Å²) in [5.74, 6) is 0.559. The lowest BCUT2D eigenvalue weighted by Crippen LogP contribution is -2.29. The van der Waals surface area contributed by atoms with Crippen molar-refractivity contribution in [3.05, 3.63) is 61.5 Å². The SMILES string of the molecule is Cc1noc(C)c1CCCNC(=O)c1ccc2[nH]c(=O)c(=O)[nH]c2c1. The molecule has 3 rings (SSSR count). The zero-order valence-electron chi connectivity index (χ0n) is 13.9. The molecule has 0 atom stereocenters. The van der Waals surface area contributed by atoms with Gasteiger partial charge in [-0.3, -0.25) is 14.4 Å². The molecule has 2 aromatic heterocycles. The molecule has 0 saturated heterocycles. The molecule has 25 heavy (non-hydrogen) atoms. The van der Waals surface area contributed by atoms with Crippen LogP contribution in [-0.2, 0) is 6.42 Å². The lowest BCUT2D eigenvalue weighted by Gasteiger charge is -2.06. The predicted octanol–water partition coefficient (Wildman–Crippen LogP) is 1.18. The van der Waals surface area contributed by atoms with E-state index < -0.39 is 11.1 Å². The Labute approximate surface area is 142 Å². The number of nitrogens with zero attached hydrogens (tertiary/aromatic N) is 1. The van der Waals surface area contributed by atoms with E-state index in [1.54, 1.807) is 12.1 Å². The highest BCUT2D eigenvalue weighted by atomic mass is 16.5.